The van der Waals surface area contributed by atoms with Crippen LogP contribution in [0.25, 0.3) is 0 Å². The van der Waals surface area contributed by atoms with Crippen LogP contribution >= 0.6 is 0 Å². The van der Waals surface area contributed by atoms with E-state index in [0.29, 0.717) is 42.0 Å². The number of nitrogens with one attached hydrogen (secondary N) is 2. The summed E-state index contributed by atoms with van der Waals surface area (Å²) in [6.07, 6.45) is 8.86. The summed E-state index contributed by atoms with van der Waals surface area (Å²) in [5.41, 5.74) is 1.32. The van der Waals surface area contributed by atoms with E-state index in [4.69, 9.17) is 0 Å². The lowest BCUT2D eigenvalue weighted by Crippen LogP contribution is -2.50. The number of benzene rings is 1. The Kier molecular flexibility index (Phi) is 7.35. The number of amides is 1. The summed E-state index contributed by atoms with van der Waals surface area (Å²) >= 11 is 0. The summed E-state index contributed by atoms with van der Waals surface area (Å²) in [6.45, 7) is 1.64. The summed E-state index contributed by atoms with van der Waals surface area (Å²) in [6, 6.07) is 6.21. The number of hydrogen-bond acceptors (Lipinski definition) is 6. The molecule has 0 bridgehead atoms. The molecule has 0 radical (unpaired) electrons. The summed E-state index contributed by atoms with van der Waals surface area (Å²) in [5.74, 6) is -0.595. The number of fused-ring (bicyclic) bond motifs is 1. The highest BCUT2D eigenvalue weighted by Crippen LogP contribution is 2.50. The van der Waals surface area contributed by atoms with E-state index in [1.165, 1.54) is 42.6 Å². The number of hydrogen-bond donors (Lipinski definition) is 2. The standard InChI is InChI=1S/C32H33F3N6O2/c1-20-15-22(11-13-36-20)32(34,35)38-29-18-31(19-42)17-26(41(25-9-10-25)30(43)27-12-14-40(2)39-27)8-3-21(31)16-28(29)37-24-6-4-23(33)5-7-24/h4-7,11-16,19,25-26,37-38H,3,8-10,17-18H2,1-2H3. The van der Waals surface area contributed by atoms with Crippen LogP contribution in [0.5, 0.6) is 0 Å². The van der Waals surface area contributed by atoms with E-state index in [-0.39, 0.29) is 35.7 Å². The van der Waals surface area contributed by atoms with Crippen LogP contribution in [0, 0.1) is 18.2 Å². The van der Waals surface area contributed by atoms with Crippen molar-refractivity contribution < 1.29 is 22.8 Å². The quantitative estimate of drug-likeness (QED) is 0.249. The van der Waals surface area contributed by atoms with E-state index in [2.05, 4.69) is 20.7 Å². The Morgan fingerprint density at radius 2 is 1.91 bits per heavy atom. The van der Waals surface area contributed by atoms with Crippen molar-refractivity contribution in [2.24, 2.45) is 12.5 Å². The van der Waals surface area contributed by atoms with E-state index >= 15 is 8.78 Å². The fourth-order valence-corrected chi connectivity index (χ4v) is 6.26. The molecule has 1 aromatic carbocycles. The van der Waals surface area contributed by atoms with E-state index in [9.17, 15) is 14.0 Å². The fraction of sp³-hybridized carbons (Fsp3) is 0.375. The molecule has 2 N–H and O–H groups in total. The number of alkyl halides is 2. The molecule has 3 aliphatic rings. The topological polar surface area (TPSA) is 92.1 Å². The summed E-state index contributed by atoms with van der Waals surface area (Å²) in [4.78, 5) is 32.5. The molecule has 224 valence electrons. The maximum absolute atomic E-state index is 15.7. The van der Waals surface area contributed by atoms with Crippen molar-refractivity contribution in [3.63, 3.8) is 0 Å². The largest absolute Gasteiger partial charge is 0.354 e. The second kappa shape index (κ2) is 11.0. The van der Waals surface area contributed by atoms with E-state index in [0.717, 1.165) is 24.7 Å². The number of aryl methyl sites for hydroxylation is 2. The number of allylic oxidation sites excluding steroid dienone is 3. The van der Waals surface area contributed by atoms with Crippen molar-refractivity contribution in [1.82, 2.24) is 25.0 Å². The normalized spacial score (nSPS) is 22.0. The van der Waals surface area contributed by atoms with Crippen molar-refractivity contribution in [2.45, 2.75) is 63.6 Å². The number of pyridine rings is 1. The van der Waals surface area contributed by atoms with Crippen LogP contribution in [-0.2, 0) is 17.9 Å². The molecule has 3 aliphatic carbocycles. The Labute approximate surface area is 247 Å². The number of rotatable bonds is 9. The van der Waals surface area contributed by atoms with Gasteiger partial charge in [-0.05, 0) is 87.6 Å². The smallest absolute Gasteiger partial charge is 0.350 e. The van der Waals surface area contributed by atoms with Crippen molar-refractivity contribution in [1.29, 1.82) is 0 Å². The Hall–Kier alpha value is -4.41. The first-order valence-corrected chi connectivity index (χ1v) is 14.4. The molecule has 1 amide bonds. The van der Waals surface area contributed by atoms with Gasteiger partial charge in [0.15, 0.2) is 0 Å². The highest BCUT2D eigenvalue weighted by Gasteiger charge is 2.49. The molecule has 11 heteroatoms. The zero-order valence-corrected chi connectivity index (χ0v) is 24.0. The Morgan fingerprint density at radius 3 is 2.56 bits per heavy atom. The lowest BCUT2D eigenvalue weighted by molar-refractivity contribution is -0.116. The predicted molar refractivity (Wildman–Crippen MR) is 154 cm³/mol. The lowest BCUT2D eigenvalue weighted by Gasteiger charge is -2.46. The molecule has 43 heavy (non-hydrogen) atoms. The third-order valence-corrected chi connectivity index (χ3v) is 8.54. The van der Waals surface area contributed by atoms with Gasteiger partial charge in [0.1, 0.15) is 17.8 Å². The number of nitrogens with zero attached hydrogens (tertiary/aromatic N) is 4. The van der Waals surface area contributed by atoms with Crippen LogP contribution in [0.1, 0.15) is 60.3 Å². The number of aromatic nitrogens is 3. The van der Waals surface area contributed by atoms with Crippen LogP contribution in [0.4, 0.5) is 18.9 Å². The number of carbonyl (C=O) groups is 2. The second-order valence-electron chi connectivity index (χ2n) is 11.7. The molecule has 2 saturated carbocycles. The molecule has 0 aliphatic heterocycles. The van der Waals surface area contributed by atoms with Gasteiger partial charge in [0, 0.05) is 60.6 Å². The Morgan fingerprint density at radius 1 is 1.14 bits per heavy atom. The van der Waals surface area contributed by atoms with Gasteiger partial charge in [-0.15, -0.1) is 0 Å². The minimum absolute atomic E-state index is 0.0156. The summed E-state index contributed by atoms with van der Waals surface area (Å²) in [5, 5.41) is 9.89. The monoisotopic (exact) mass is 590 g/mol. The first-order chi connectivity index (χ1) is 20.6. The van der Waals surface area contributed by atoms with Gasteiger partial charge in [0.25, 0.3) is 5.91 Å². The molecule has 2 aromatic heterocycles. The fourth-order valence-electron chi connectivity index (χ4n) is 6.26. The molecule has 0 saturated heterocycles. The maximum Gasteiger partial charge on any atom is 0.350 e. The van der Waals surface area contributed by atoms with Gasteiger partial charge in [-0.3, -0.25) is 14.5 Å². The van der Waals surface area contributed by atoms with E-state index in [1.54, 1.807) is 37.0 Å². The lowest BCUT2D eigenvalue weighted by atomic mass is 9.64. The highest BCUT2D eigenvalue weighted by atomic mass is 19.3. The molecule has 2 heterocycles. The summed E-state index contributed by atoms with van der Waals surface area (Å²) < 4.78 is 46.6. The van der Waals surface area contributed by atoms with Crippen molar-refractivity contribution in [3.8, 4) is 0 Å². The van der Waals surface area contributed by atoms with Gasteiger partial charge in [-0.25, -0.2) is 4.39 Å². The van der Waals surface area contributed by atoms with Gasteiger partial charge in [0.2, 0.25) is 0 Å². The molecule has 2 fully saturated rings. The molecule has 8 nitrogen and oxygen atoms in total. The average Bonchev–Trinajstić information content (AvgIpc) is 3.72. The van der Waals surface area contributed by atoms with Crippen LogP contribution in [0.3, 0.4) is 0 Å². The molecule has 6 rings (SSSR count). The number of halogens is 3. The van der Waals surface area contributed by atoms with Gasteiger partial charge < -0.3 is 20.3 Å². The molecular formula is C32H33F3N6O2. The zero-order valence-electron chi connectivity index (χ0n) is 24.0. The first kappa shape index (κ1) is 28.7. The van der Waals surface area contributed by atoms with Crippen LogP contribution in [0.15, 0.2) is 77.9 Å². The van der Waals surface area contributed by atoms with Crippen molar-refractivity contribution in [3.05, 3.63) is 101 Å². The van der Waals surface area contributed by atoms with E-state index < -0.39 is 17.3 Å². The van der Waals surface area contributed by atoms with Crippen LogP contribution in [-0.4, -0.2) is 43.9 Å². The van der Waals surface area contributed by atoms with E-state index in [1.807, 2.05) is 4.90 Å². The Balaban J connectivity index is 1.34. The first-order valence-electron chi connectivity index (χ1n) is 14.4. The number of carbonyl (C=O) groups excluding carboxylic acids is 2. The number of anilines is 1. The Bertz CT molecular complexity index is 1610. The molecule has 2 atom stereocenters. The molecular weight excluding hydrogens is 557 g/mol. The third kappa shape index (κ3) is 5.80. The number of aldehydes is 1. The van der Waals surface area contributed by atoms with Gasteiger partial charge >= 0.3 is 6.05 Å². The van der Waals surface area contributed by atoms with Crippen molar-refractivity contribution >= 4 is 17.9 Å². The second-order valence-corrected chi connectivity index (χ2v) is 11.7. The SMILES string of the molecule is Cc1cc(C(F)(F)NC2=C(Nc3ccc(F)cc3)C=C3CCC(N(C(=O)c4ccn(C)n4)C4CC4)CC3(C=O)C2)ccn1. The third-order valence-electron chi connectivity index (χ3n) is 8.54. The minimum Gasteiger partial charge on any atom is -0.354 e. The van der Waals surface area contributed by atoms with Crippen LogP contribution < -0.4 is 10.6 Å². The van der Waals surface area contributed by atoms with Gasteiger partial charge in [0.05, 0.1) is 11.1 Å². The minimum atomic E-state index is -3.47. The van der Waals surface area contributed by atoms with Gasteiger partial charge in [-0.2, -0.15) is 13.9 Å². The predicted octanol–water partition coefficient (Wildman–Crippen LogP) is 5.60. The van der Waals surface area contributed by atoms with Crippen molar-refractivity contribution in [2.75, 3.05) is 5.32 Å². The zero-order chi connectivity index (χ0) is 30.4. The van der Waals surface area contributed by atoms with Gasteiger partial charge in [-0.1, -0.05) is 5.57 Å². The average molecular weight is 591 g/mol. The highest BCUT2D eigenvalue weighted by molar-refractivity contribution is 5.93. The van der Waals surface area contributed by atoms with Crippen LogP contribution in [0.2, 0.25) is 0 Å². The molecule has 2 unspecified atom stereocenters. The molecule has 0 spiro atoms. The summed E-state index contributed by atoms with van der Waals surface area (Å²) in [7, 11) is 1.75. The molecule has 3 aromatic rings. The maximum atomic E-state index is 15.7.